The van der Waals surface area contributed by atoms with Crippen LogP contribution in [0.2, 0.25) is 0 Å². The zero-order chi connectivity index (χ0) is 25.2. The monoisotopic (exact) mass is 479 g/mol. The van der Waals surface area contributed by atoms with Crippen LogP contribution < -0.4 is 15.4 Å². The number of hydrogen-bond acceptors (Lipinski definition) is 5. The van der Waals surface area contributed by atoms with E-state index in [-0.39, 0.29) is 17.9 Å². The molecule has 1 fully saturated rings. The molecule has 4 rings (SSSR count). The van der Waals surface area contributed by atoms with Crippen LogP contribution in [0, 0.1) is 23.1 Å². The smallest absolute Gasteiger partial charge is 0.303 e. The lowest BCUT2D eigenvalue weighted by Gasteiger charge is -2.27. The number of hydrogen-bond donors (Lipinski definition) is 3. The van der Waals surface area contributed by atoms with Gasteiger partial charge in [-0.1, -0.05) is 6.07 Å². The number of aliphatic carboxylic acids is 1. The number of rotatable bonds is 8. The Hall–Kier alpha value is -3.93. The molecule has 2 atom stereocenters. The maximum atomic E-state index is 14.6. The third kappa shape index (κ3) is 4.83. The first-order chi connectivity index (χ1) is 16.8. The van der Waals surface area contributed by atoms with Crippen molar-refractivity contribution in [3.8, 4) is 11.8 Å². The summed E-state index contributed by atoms with van der Waals surface area (Å²) in [4.78, 5) is 36.5. The summed E-state index contributed by atoms with van der Waals surface area (Å²) in [6.07, 6.45) is 1.93. The highest BCUT2D eigenvalue weighted by Crippen LogP contribution is 2.61. The van der Waals surface area contributed by atoms with E-state index < -0.39 is 29.0 Å². The van der Waals surface area contributed by atoms with Gasteiger partial charge >= 0.3 is 5.97 Å². The van der Waals surface area contributed by atoms with Gasteiger partial charge < -0.3 is 20.5 Å². The van der Waals surface area contributed by atoms with Crippen molar-refractivity contribution in [2.45, 2.75) is 44.4 Å². The molecule has 0 bridgehead atoms. The molecule has 0 radical (unpaired) electrons. The number of nitrogens with zero attached hydrogens (tertiary/aromatic N) is 1. The van der Waals surface area contributed by atoms with Crippen molar-refractivity contribution in [1.29, 1.82) is 5.26 Å². The number of carboxylic acid groups (broad SMARTS) is 1. The van der Waals surface area contributed by atoms with Crippen LogP contribution in [0.1, 0.15) is 59.7 Å². The summed E-state index contributed by atoms with van der Waals surface area (Å²) < 4.78 is 20.2. The van der Waals surface area contributed by atoms with E-state index in [0.717, 1.165) is 5.56 Å². The number of amides is 2. The number of aryl methyl sites for hydroxylation is 1. The molecule has 182 valence electrons. The molecule has 1 spiro atoms. The van der Waals surface area contributed by atoms with Crippen LogP contribution in [-0.2, 0) is 21.4 Å². The molecule has 3 N–H and O–H groups in total. The minimum absolute atomic E-state index is 0.000406. The highest BCUT2D eigenvalue weighted by atomic mass is 19.1. The van der Waals surface area contributed by atoms with E-state index in [1.807, 2.05) is 0 Å². The highest BCUT2D eigenvalue weighted by molar-refractivity contribution is 5.98. The fraction of sp³-hybridized carbons (Fsp3) is 0.385. The van der Waals surface area contributed by atoms with E-state index in [0.29, 0.717) is 61.4 Å². The van der Waals surface area contributed by atoms with Crippen molar-refractivity contribution in [2.24, 2.45) is 5.92 Å². The van der Waals surface area contributed by atoms with Crippen molar-refractivity contribution >= 4 is 23.5 Å². The molecule has 2 aliphatic rings. The first-order valence-corrected chi connectivity index (χ1v) is 11.6. The molecule has 0 aromatic heterocycles. The standard InChI is InChI=1S/C26H26FN3O5/c1-2-29-24(33)17-11-18-22(12-20(17)27)35-9-8-26(18)13-19(26)25(34)30-21-10-15(14-28)6-7-16(21)4-3-5-23(31)32/h6-7,10-12,19H,2-5,8-9,13H2,1H3,(H,29,33)(H,30,34)(H,31,32)/t19-,26-/m0/s1. The molecule has 2 amide bonds. The van der Waals surface area contributed by atoms with E-state index in [9.17, 15) is 24.0 Å². The van der Waals surface area contributed by atoms with Gasteiger partial charge in [0.15, 0.2) is 0 Å². The number of ether oxygens (including phenoxy) is 1. The summed E-state index contributed by atoms with van der Waals surface area (Å²) in [6, 6.07) is 9.71. The summed E-state index contributed by atoms with van der Waals surface area (Å²) in [5.74, 6) is -2.39. The second kappa shape index (κ2) is 9.74. The normalized spacial score (nSPS) is 19.7. The molecule has 1 saturated carbocycles. The molecule has 2 aromatic rings. The van der Waals surface area contributed by atoms with Crippen LogP contribution in [0.3, 0.4) is 0 Å². The number of carbonyl (C=O) groups is 3. The number of halogens is 1. The van der Waals surface area contributed by atoms with Gasteiger partial charge in [-0.3, -0.25) is 14.4 Å². The number of carboxylic acids is 1. The van der Waals surface area contributed by atoms with Crippen molar-refractivity contribution in [3.05, 3.63) is 58.4 Å². The Kier molecular flexibility index (Phi) is 6.74. The average Bonchev–Trinajstić information content (AvgIpc) is 3.54. The third-order valence-electron chi connectivity index (χ3n) is 6.72. The quantitative estimate of drug-likeness (QED) is 0.531. The molecule has 0 saturated heterocycles. The van der Waals surface area contributed by atoms with Crippen LogP contribution in [0.4, 0.5) is 10.1 Å². The fourth-order valence-corrected chi connectivity index (χ4v) is 4.82. The first-order valence-electron chi connectivity index (χ1n) is 11.6. The molecule has 35 heavy (non-hydrogen) atoms. The van der Waals surface area contributed by atoms with Crippen LogP contribution >= 0.6 is 0 Å². The van der Waals surface area contributed by atoms with Crippen LogP contribution in [0.15, 0.2) is 30.3 Å². The van der Waals surface area contributed by atoms with Gasteiger partial charge in [-0.2, -0.15) is 5.26 Å². The number of anilines is 1. The third-order valence-corrected chi connectivity index (χ3v) is 6.72. The number of nitriles is 1. The summed E-state index contributed by atoms with van der Waals surface area (Å²) in [7, 11) is 0. The maximum Gasteiger partial charge on any atom is 0.303 e. The van der Waals surface area contributed by atoms with E-state index in [2.05, 4.69) is 16.7 Å². The Morgan fingerprint density at radius 1 is 1.29 bits per heavy atom. The largest absolute Gasteiger partial charge is 0.493 e. The number of benzene rings is 2. The highest BCUT2D eigenvalue weighted by Gasteiger charge is 2.61. The minimum Gasteiger partial charge on any atom is -0.493 e. The van der Waals surface area contributed by atoms with Crippen molar-refractivity contribution in [2.75, 3.05) is 18.5 Å². The molecular weight excluding hydrogens is 453 g/mol. The predicted octanol–water partition coefficient (Wildman–Crippen LogP) is 3.53. The predicted molar refractivity (Wildman–Crippen MR) is 125 cm³/mol. The van der Waals surface area contributed by atoms with Crippen LogP contribution in [0.25, 0.3) is 0 Å². The summed E-state index contributed by atoms with van der Waals surface area (Å²) >= 11 is 0. The topological polar surface area (TPSA) is 129 Å². The number of fused-ring (bicyclic) bond motifs is 2. The van der Waals surface area contributed by atoms with Gasteiger partial charge in [0.2, 0.25) is 5.91 Å². The SMILES string of the molecule is CCNC(=O)c1cc2c(cc1F)OCC[C@]21C[C@H]1C(=O)Nc1cc(C#N)ccc1CCCC(=O)O. The molecule has 9 heteroatoms. The van der Waals surface area contributed by atoms with Gasteiger partial charge in [0.05, 0.1) is 23.8 Å². The Bertz CT molecular complexity index is 1240. The minimum atomic E-state index is -0.897. The summed E-state index contributed by atoms with van der Waals surface area (Å²) in [5.41, 5.74) is 1.63. The van der Waals surface area contributed by atoms with Crippen molar-refractivity contribution < 1.29 is 28.6 Å². The van der Waals surface area contributed by atoms with Crippen LogP contribution in [-0.4, -0.2) is 36.0 Å². The number of carbonyl (C=O) groups excluding carboxylic acids is 2. The molecule has 0 unspecified atom stereocenters. The molecule has 1 aliphatic carbocycles. The molecule has 1 aliphatic heterocycles. The second-order valence-corrected chi connectivity index (χ2v) is 8.92. The molecule has 8 nitrogen and oxygen atoms in total. The lowest BCUT2D eigenvalue weighted by molar-refractivity contribution is -0.137. The lowest BCUT2D eigenvalue weighted by Crippen LogP contribution is -2.29. The maximum absolute atomic E-state index is 14.6. The van der Waals surface area contributed by atoms with Gasteiger partial charge in [0, 0.05) is 41.6 Å². The molecule has 2 aromatic carbocycles. The molecule has 1 heterocycles. The van der Waals surface area contributed by atoms with E-state index in [1.54, 1.807) is 25.1 Å². The average molecular weight is 480 g/mol. The van der Waals surface area contributed by atoms with Gasteiger partial charge in [-0.15, -0.1) is 0 Å². The van der Waals surface area contributed by atoms with Gasteiger partial charge in [0.25, 0.3) is 5.91 Å². The van der Waals surface area contributed by atoms with E-state index in [1.165, 1.54) is 12.1 Å². The Balaban J connectivity index is 1.58. The first kappa shape index (κ1) is 24.2. The summed E-state index contributed by atoms with van der Waals surface area (Å²) in [6.45, 7) is 2.44. The molecular formula is C26H26FN3O5. The lowest BCUT2D eigenvalue weighted by atomic mass is 9.86. The van der Waals surface area contributed by atoms with Crippen LogP contribution in [0.5, 0.6) is 5.75 Å². The van der Waals surface area contributed by atoms with E-state index >= 15 is 0 Å². The Labute approximate surface area is 202 Å². The Morgan fingerprint density at radius 3 is 2.80 bits per heavy atom. The zero-order valence-electron chi connectivity index (χ0n) is 19.3. The fourth-order valence-electron chi connectivity index (χ4n) is 4.82. The van der Waals surface area contributed by atoms with Gasteiger partial charge in [0.1, 0.15) is 11.6 Å². The second-order valence-electron chi connectivity index (χ2n) is 8.92. The Morgan fingerprint density at radius 2 is 2.09 bits per heavy atom. The van der Waals surface area contributed by atoms with Gasteiger partial charge in [-0.05, 0) is 56.4 Å². The number of nitrogens with one attached hydrogen (secondary N) is 2. The zero-order valence-corrected chi connectivity index (χ0v) is 19.3. The van der Waals surface area contributed by atoms with Gasteiger partial charge in [-0.25, -0.2) is 4.39 Å². The summed E-state index contributed by atoms with van der Waals surface area (Å²) in [5, 5.41) is 23.7. The van der Waals surface area contributed by atoms with Crippen molar-refractivity contribution in [3.63, 3.8) is 0 Å². The van der Waals surface area contributed by atoms with E-state index in [4.69, 9.17) is 9.84 Å². The van der Waals surface area contributed by atoms with Crippen molar-refractivity contribution in [1.82, 2.24) is 5.32 Å².